The number of hydrogen-bond donors (Lipinski definition) is 1. The Morgan fingerprint density at radius 1 is 1.38 bits per heavy atom. The molecule has 1 saturated carbocycles. The average molecular weight is 339 g/mol. The maximum Gasteiger partial charge on any atom is 0.223 e. The summed E-state index contributed by atoms with van der Waals surface area (Å²) in [5.74, 6) is 0.843. The van der Waals surface area contributed by atoms with E-state index in [4.69, 9.17) is 5.73 Å². The molecule has 1 saturated heterocycles. The minimum atomic E-state index is -3.02. The number of nitrogens with zero attached hydrogens (tertiary/aromatic N) is 1. The minimum absolute atomic E-state index is 0. The summed E-state index contributed by atoms with van der Waals surface area (Å²) in [5.41, 5.74) is 5.50. The highest BCUT2D eigenvalue weighted by atomic mass is 35.5. The molecule has 0 bridgehead atoms. The summed E-state index contributed by atoms with van der Waals surface area (Å²) in [4.78, 5) is 14.4. The van der Waals surface area contributed by atoms with Crippen molar-refractivity contribution in [2.24, 2.45) is 17.1 Å². The molecule has 7 heteroatoms. The number of sulfone groups is 1. The Kier molecular flexibility index (Phi) is 6.09. The lowest BCUT2D eigenvalue weighted by Crippen LogP contribution is -2.49. The van der Waals surface area contributed by atoms with Crippen molar-refractivity contribution < 1.29 is 13.2 Å². The van der Waals surface area contributed by atoms with Gasteiger partial charge in [0.2, 0.25) is 5.91 Å². The molecule has 1 amide bonds. The molecule has 0 aromatic heterocycles. The molecule has 2 unspecified atom stereocenters. The van der Waals surface area contributed by atoms with Gasteiger partial charge in [-0.2, -0.15) is 0 Å². The Bertz CT molecular complexity index is 477. The Balaban J connectivity index is 0.00000220. The molecule has 2 aliphatic rings. The molecule has 0 aromatic carbocycles. The molecule has 2 rings (SSSR count). The highest BCUT2D eigenvalue weighted by Gasteiger charge is 2.47. The first-order valence-corrected chi connectivity index (χ1v) is 9.48. The quantitative estimate of drug-likeness (QED) is 0.817. The summed E-state index contributed by atoms with van der Waals surface area (Å²) < 4.78 is 22.9. The summed E-state index contributed by atoms with van der Waals surface area (Å²) in [5, 5.41) is 0. The topological polar surface area (TPSA) is 80.5 Å². The van der Waals surface area contributed by atoms with Crippen LogP contribution in [0.1, 0.15) is 39.0 Å². The van der Waals surface area contributed by atoms with Gasteiger partial charge in [0.1, 0.15) is 9.84 Å². The lowest BCUT2D eigenvalue weighted by atomic mass is 9.91. The average Bonchev–Trinajstić information content (AvgIpc) is 3.05. The fourth-order valence-electron chi connectivity index (χ4n) is 3.33. The summed E-state index contributed by atoms with van der Waals surface area (Å²) in [7, 11) is -3.02. The van der Waals surface area contributed by atoms with Crippen molar-refractivity contribution in [2.75, 3.05) is 25.1 Å². The smallest absolute Gasteiger partial charge is 0.223 e. The third kappa shape index (κ3) is 5.11. The van der Waals surface area contributed by atoms with Gasteiger partial charge in [0, 0.05) is 31.8 Å². The molecule has 0 spiro atoms. The van der Waals surface area contributed by atoms with Crippen molar-refractivity contribution >= 4 is 28.2 Å². The number of rotatable bonds is 5. The van der Waals surface area contributed by atoms with Crippen LogP contribution in [0.2, 0.25) is 0 Å². The van der Waals surface area contributed by atoms with Crippen molar-refractivity contribution in [1.29, 1.82) is 0 Å². The van der Waals surface area contributed by atoms with Crippen molar-refractivity contribution in [1.82, 2.24) is 4.90 Å². The van der Waals surface area contributed by atoms with Crippen LogP contribution in [-0.2, 0) is 14.6 Å². The lowest BCUT2D eigenvalue weighted by molar-refractivity contribution is -0.136. The van der Waals surface area contributed by atoms with E-state index in [1.807, 2.05) is 4.90 Å². The fraction of sp³-hybridized carbons (Fsp3) is 0.929. The zero-order valence-corrected chi connectivity index (χ0v) is 14.5. The number of nitrogens with two attached hydrogens (primary N) is 1. The number of halogens is 1. The second-order valence-corrected chi connectivity index (χ2v) is 8.99. The number of amides is 1. The first-order valence-electron chi connectivity index (χ1n) is 7.42. The minimum Gasteiger partial charge on any atom is -0.338 e. The van der Waals surface area contributed by atoms with Gasteiger partial charge in [-0.25, -0.2) is 8.42 Å². The number of carbonyl (C=O) groups excluding carboxylic acids is 1. The molecular weight excluding hydrogens is 312 g/mol. The summed E-state index contributed by atoms with van der Waals surface area (Å²) in [6.07, 6.45) is 5.29. The van der Waals surface area contributed by atoms with Crippen LogP contribution in [0.5, 0.6) is 0 Å². The number of carbonyl (C=O) groups is 1. The van der Waals surface area contributed by atoms with Crippen LogP contribution < -0.4 is 5.73 Å². The van der Waals surface area contributed by atoms with Crippen LogP contribution in [0, 0.1) is 11.3 Å². The molecule has 0 radical (unpaired) electrons. The highest BCUT2D eigenvalue weighted by Crippen LogP contribution is 2.50. The van der Waals surface area contributed by atoms with Gasteiger partial charge in [-0.3, -0.25) is 4.79 Å². The van der Waals surface area contributed by atoms with Crippen LogP contribution >= 0.6 is 12.4 Å². The second-order valence-electron chi connectivity index (χ2n) is 6.85. The van der Waals surface area contributed by atoms with Crippen LogP contribution in [-0.4, -0.2) is 50.4 Å². The Labute approximate surface area is 134 Å². The van der Waals surface area contributed by atoms with Crippen molar-refractivity contribution in [3.63, 3.8) is 0 Å². The van der Waals surface area contributed by atoms with Gasteiger partial charge in [-0.1, -0.05) is 6.92 Å². The van der Waals surface area contributed by atoms with E-state index in [2.05, 4.69) is 6.92 Å². The van der Waals surface area contributed by atoms with E-state index < -0.39 is 9.84 Å². The van der Waals surface area contributed by atoms with Crippen molar-refractivity contribution in [3.05, 3.63) is 0 Å². The second kappa shape index (κ2) is 6.84. The summed E-state index contributed by atoms with van der Waals surface area (Å²) in [6.45, 7) is 3.45. The Morgan fingerprint density at radius 2 is 2.00 bits per heavy atom. The summed E-state index contributed by atoms with van der Waals surface area (Å²) >= 11 is 0. The van der Waals surface area contributed by atoms with E-state index in [1.54, 1.807) is 0 Å². The fourth-order valence-corrected chi connectivity index (χ4v) is 4.83. The third-order valence-corrected chi connectivity index (χ3v) is 5.76. The number of hydrogen-bond acceptors (Lipinski definition) is 4. The Hall–Kier alpha value is -0.330. The van der Waals surface area contributed by atoms with Gasteiger partial charge in [0.15, 0.2) is 0 Å². The predicted octanol–water partition coefficient (Wildman–Crippen LogP) is 1.21. The van der Waals surface area contributed by atoms with Crippen LogP contribution in [0.4, 0.5) is 0 Å². The standard InChI is InChI=1S/C14H26N2O3S.ClH/c1-11-3-6-16(12(7-11)9-15)13(17)8-14(4-5-14)10-20(2,18)19;/h11-12H,3-10,15H2,1-2H3;1H. The maximum absolute atomic E-state index is 12.5. The van der Waals surface area contributed by atoms with E-state index in [0.717, 1.165) is 32.2 Å². The van der Waals surface area contributed by atoms with Crippen molar-refractivity contribution in [2.45, 2.75) is 45.1 Å². The molecule has 0 aromatic rings. The molecular formula is C14H27ClN2O3S. The number of likely N-dealkylation sites (tertiary alicyclic amines) is 1. The normalized spacial score (nSPS) is 27.9. The van der Waals surface area contributed by atoms with Gasteiger partial charge in [0.05, 0.1) is 5.75 Å². The molecule has 2 atom stereocenters. The molecule has 2 N–H and O–H groups in total. The molecule has 5 nitrogen and oxygen atoms in total. The third-order valence-electron chi connectivity index (χ3n) is 4.62. The predicted molar refractivity (Wildman–Crippen MR) is 86.2 cm³/mol. The lowest BCUT2D eigenvalue weighted by Gasteiger charge is -2.38. The van der Waals surface area contributed by atoms with Crippen molar-refractivity contribution in [3.8, 4) is 0 Å². The molecule has 1 aliphatic heterocycles. The monoisotopic (exact) mass is 338 g/mol. The van der Waals surface area contributed by atoms with Gasteiger partial charge >= 0.3 is 0 Å². The van der Waals surface area contributed by atoms with E-state index in [9.17, 15) is 13.2 Å². The molecule has 21 heavy (non-hydrogen) atoms. The van der Waals surface area contributed by atoms with E-state index in [1.165, 1.54) is 6.26 Å². The first kappa shape index (κ1) is 18.7. The Morgan fingerprint density at radius 3 is 2.48 bits per heavy atom. The van der Waals surface area contributed by atoms with Gasteiger partial charge in [-0.05, 0) is 37.0 Å². The number of piperidine rings is 1. The van der Waals surface area contributed by atoms with Crippen LogP contribution in [0.3, 0.4) is 0 Å². The largest absolute Gasteiger partial charge is 0.338 e. The van der Waals surface area contributed by atoms with Gasteiger partial charge in [0.25, 0.3) is 0 Å². The SMILES string of the molecule is CC1CCN(C(=O)CC2(CS(C)(=O)=O)CC2)C(CN)C1.Cl. The molecule has 124 valence electrons. The molecule has 1 heterocycles. The van der Waals surface area contributed by atoms with E-state index in [-0.39, 0.29) is 35.5 Å². The zero-order chi connectivity index (χ0) is 15.0. The van der Waals surface area contributed by atoms with Crippen LogP contribution in [0.15, 0.2) is 0 Å². The van der Waals surface area contributed by atoms with E-state index in [0.29, 0.717) is 18.9 Å². The molecule has 1 aliphatic carbocycles. The highest BCUT2D eigenvalue weighted by molar-refractivity contribution is 7.90. The van der Waals surface area contributed by atoms with E-state index >= 15 is 0 Å². The molecule has 2 fully saturated rings. The zero-order valence-electron chi connectivity index (χ0n) is 12.9. The maximum atomic E-state index is 12.5. The summed E-state index contributed by atoms with van der Waals surface area (Å²) in [6, 6.07) is 0.125. The van der Waals surface area contributed by atoms with Gasteiger partial charge < -0.3 is 10.6 Å². The van der Waals surface area contributed by atoms with Crippen LogP contribution in [0.25, 0.3) is 0 Å². The van der Waals surface area contributed by atoms with Gasteiger partial charge in [-0.15, -0.1) is 12.4 Å². The first-order chi connectivity index (χ1) is 9.25.